The Morgan fingerprint density at radius 1 is 1.44 bits per heavy atom. The van der Waals surface area contributed by atoms with E-state index in [1.807, 2.05) is 0 Å². The van der Waals surface area contributed by atoms with Crippen LogP contribution in [0.1, 0.15) is 10.4 Å². The van der Waals surface area contributed by atoms with Crippen molar-refractivity contribution in [2.24, 2.45) is 0 Å². The lowest BCUT2D eigenvalue weighted by atomic mass is 10.2. The lowest BCUT2D eigenvalue weighted by Crippen LogP contribution is -2.26. The fourth-order valence-corrected chi connectivity index (χ4v) is 2.29. The number of carboxylic acid groups (broad SMARTS) is 1. The Morgan fingerprint density at radius 2 is 2.17 bits per heavy atom. The molecular formula is C11H11BrClNO3S. The number of hydrogen-bond donors (Lipinski definition) is 2. The molecule has 0 radical (unpaired) electrons. The van der Waals surface area contributed by atoms with Gasteiger partial charge in [0.2, 0.25) is 0 Å². The molecule has 1 rings (SSSR count). The largest absolute Gasteiger partial charge is 0.481 e. The molecule has 0 spiro atoms. The lowest BCUT2D eigenvalue weighted by Gasteiger charge is -2.06. The highest BCUT2D eigenvalue weighted by Crippen LogP contribution is 2.20. The van der Waals surface area contributed by atoms with Crippen LogP contribution in [0, 0.1) is 0 Å². The van der Waals surface area contributed by atoms with Crippen molar-refractivity contribution in [1.29, 1.82) is 0 Å². The first kappa shape index (κ1) is 15.3. The SMILES string of the molecule is O=C(O)CSCCNC(=O)c1cc(Br)ccc1Cl. The quantitative estimate of drug-likeness (QED) is 0.773. The molecule has 2 N–H and O–H groups in total. The van der Waals surface area contributed by atoms with Crippen LogP contribution in [-0.4, -0.2) is 35.0 Å². The molecule has 98 valence electrons. The molecule has 0 saturated heterocycles. The Bertz CT molecular complexity index is 456. The fourth-order valence-electron chi connectivity index (χ4n) is 1.16. The Morgan fingerprint density at radius 3 is 2.83 bits per heavy atom. The maximum Gasteiger partial charge on any atom is 0.313 e. The number of amides is 1. The molecule has 7 heteroatoms. The maximum absolute atomic E-state index is 11.8. The van der Waals surface area contributed by atoms with Gasteiger partial charge >= 0.3 is 5.97 Å². The van der Waals surface area contributed by atoms with Gasteiger partial charge in [-0.15, -0.1) is 11.8 Å². The highest BCUT2D eigenvalue weighted by molar-refractivity contribution is 9.10. The van der Waals surface area contributed by atoms with Gasteiger partial charge in [0.25, 0.3) is 5.91 Å². The first-order chi connectivity index (χ1) is 8.50. The van der Waals surface area contributed by atoms with Gasteiger partial charge in [-0.25, -0.2) is 0 Å². The minimum atomic E-state index is -0.860. The van der Waals surface area contributed by atoms with E-state index in [0.717, 1.165) is 4.47 Å². The number of carboxylic acids is 1. The first-order valence-corrected chi connectivity index (χ1v) is 7.36. The Kier molecular flexibility index (Phi) is 6.52. The lowest BCUT2D eigenvalue weighted by molar-refractivity contribution is -0.133. The molecule has 0 fully saturated rings. The zero-order valence-electron chi connectivity index (χ0n) is 9.28. The van der Waals surface area contributed by atoms with Crippen molar-refractivity contribution in [3.63, 3.8) is 0 Å². The van der Waals surface area contributed by atoms with Crippen LogP contribution in [0.25, 0.3) is 0 Å². The summed E-state index contributed by atoms with van der Waals surface area (Å²) in [5.41, 5.74) is 0.397. The number of thioether (sulfide) groups is 1. The Hall–Kier alpha value is -0.720. The second-order valence-electron chi connectivity index (χ2n) is 3.33. The predicted octanol–water partition coefficient (Wildman–Crippen LogP) is 2.65. The normalized spacial score (nSPS) is 10.1. The van der Waals surface area contributed by atoms with Crippen molar-refractivity contribution >= 4 is 51.2 Å². The van der Waals surface area contributed by atoms with Gasteiger partial charge in [0, 0.05) is 16.8 Å². The van der Waals surface area contributed by atoms with Gasteiger partial charge in [0.05, 0.1) is 16.3 Å². The second-order valence-corrected chi connectivity index (χ2v) is 5.75. The van der Waals surface area contributed by atoms with Gasteiger partial charge < -0.3 is 10.4 Å². The summed E-state index contributed by atoms with van der Waals surface area (Å²) in [4.78, 5) is 22.0. The smallest absolute Gasteiger partial charge is 0.313 e. The first-order valence-electron chi connectivity index (χ1n) is 5.03. The summed E-state index contributed by atoms with van der Waals surface area (Å²) in [6.07, 6.45) is 0. The number of nitrogens with one attached hydrogen (secondary N) is 1. The third-order valence-electron chi connectivity index (χ3n) is 1.93. The second kappa shape index (κ2) is 7.66. The molecule has 1 amide bonds. The molecule has 0 heterocycles. The van der Waals surface area contributed by atoms with Crippen LogP contribution in [0.2, 0.25) is 5.02 Å². The van der Waals surface area contributed by atoms with Crippen molar-refractivity contribution in [2.75, 3.05) is 18.1 Å². The van der Waals surface area contributed by atoms with E-state index in [2.05, 4.69) is 21.2 Å². The van der Waals surface area contributed by atoms with Gasteiger partial charge in [-0.3, -0.25) is 9.59 Å². The van der Waals surface area contributed by atoms with Crippen LogP contribution < -0.4 is 5.32 Å². The summed E-state index contributed by atoms with van der Waals surface area (Å²) in [5, 5.41) is 11.5. The predicted molar refractivity (Wildman–Crippen MR) is 76.4 cm³/mol. The topological polar surface area (TPSA) is 66.4 Å². The standard InChI is InChI=1S/C11H11BrClNO3S/c12-7-1-2-9(13)8(5-7)11(17)14-3-4-18-6-10(15)16/h1-2,5H,3-4,6H2,(H,14,17)(H,15,16). The molecule has 1 aromatic carbocycles. The van der Waals surface area contributed by atoms with Crippen LogP contribution in [0.3, 0.4) is 0 Å². The third kappa shape index (κ3) is 5.29. The number of hydrogen-bond acceptors (Lipinski definition) is 3. The van der Waals surface area contributed by atoms with E-state index in [9.17, 15) is 9.59 Å². The Labute approximate surface area is 122 Å². The Balaban J connectivity index is 2.41. The number of benzene rings is 1. The van der Waals surface area contributed by atoms with E-state index < -0.39 is 5.97 Å². The van der Waals surface area contributed by atoms with E-state index in [-0.39, 0.29) is 11.7 Å². The molecule has 0 saturated carbocycles. The molecule has 18 heavy (non-hydrogen) atoms. The highest BCUT2D eigenvalue weighted by Gasteiger charge is 2.10. The van der Waals surface area contributed by atoms with E-state index in [1.54, 1.807) is 18.2 Å². The van der Waals surface area contributed by atoms with Crippen molar-refractivity contribution in [2.45, 2.75) is 0 Å². The minimum absolute atomic E-state index is 0.0352. The molecule has 0 unspecified atom stereocenters. The number of halogens is 2. The summed E-state index contributed by atoms with van der Waals surface area (Å²) < 4.78 is 0.775. The average molecular weight is 353 g/mol. The molecule has 0 aromatic heterocycles. The van der Waals surface area contributed by atoms with E-state index in [0.29, 0.717) is 22.9 Å². The van der Waals surface area contributed by atoms with Crippen LogP contribution in [0.5, 0.6) is 0 Å². The minimum Gasteiger partial charge on any atom is -0.481 e. The average Bonchev–Trinajstić information content (AvgIpc) is 2.31. The molecule has 1 aromatic rings. The van der Waals surface area contributed by atoms with Gasteiger partial charge in [-0.1, -0.05) is 27.5 Å². The molecule has 0 aliphatic carbocycles. The third-order valence-corrected chi connectivity index (χ3v) is 3.70. The van der Waals surface area contributed by atoms with Crippen LogP contribution in [0.15, 0.2) is 22.7 Å². The van der Waals surface area contributed by atoms with Gasteiger partial charge in [-0.2, -0.15) is 0 Å². The number of aliphatic carboxylic acids is 1. The fraction of sp³-hybridized carbons (Fsp3) is 0.273. The summed E-state index contributed by atoms with van der Waals surface area (Å²) >= 11 is 10.4. The summed E-state index contributed by atoms with van der Waals surface area (Å²) in [7, 11) is 0. The molecule has 0 atom stereocenters. The van der Waals surface area contributed by atoms with E-state index in [1.165, 1.54) is 11.8 Å². The number of carbonyl (C=O) groups is 2. The van der Waals surface area contributed by atoms with E-state index in [4.69, 9.17) is 16.7 Å². The molecule has 0 aliphatic rings. The molecular weight excluding hydrogens is 342 g/mol. The molecule has 4 nitrogen and oxygen atoms in total. The summed E-state index contributed by atoms with van der Waals surface area (Å²) in [5.74, 6) is -0.546. The van der Waals surface area contributed by atoms with Crippen LogP contribution >= 0.6 is 39.3 Å². The van der Waals surface area contributed by atoms with Crippen molar-refractivity contribution in [1.82, 2.24) is 5.32 Å². The maximum atomic E-state index is 11.8. The van der Waals surface area contributed by atoms with Crippen molar-refractivity contribution in [3.05, 3.63) is 33.3 Å². The molecule has 0 bridgehead atoms. The van der Waals surface area contributed by atoms with Crippen molar-refractivity contribution in [3.8, 4) is 0 Å². The van der Waals surface area contributed by atoms with Gasteiger partial charge in [0.15, 0.2) is 0 Å². The van der Waals surface area contributed by atoms with Gasteiger partial charge in [0.1, 0.15) is 0 Å². The zero-order chi connectivity index (χ0) is 13.5. The number of carbonyl (C=O) groups excluding carboxylic acids is 1. The summed E-state index contributed by atoms with van der Waals surface area (Å²) in [6.45, 7) is 0.402. The van der Waals surface area contributed by atoms with Crippen molar-refractivity contribution < 1.29 is 14.7 Å². The summed E-state index contributed by atoms with van der Waals surface area (Å²) in [6, 6.07) is 5.03. The number of rotatable bonds is 6. The van der Waals surface area contributed by atoms with Gasteiger partial charge in [-0.05, 0) is 18.2 Å². The molecule has 0 aliphatic heterocycles. The van der Waals surface area contributed by atoms with Crippen LogP contribution in [0.4, 0.5) is 0 Å². The van der Waals surface area contributed by atoms with Crippen LogP contribution in [-0.2, 0) is 4.79 Å². The zero-order valence-corrected chi connectivity index (χ0v) is 12.4. The monoisotopic (exact) mass is 351 g/mol. The highest BCUT2D eigenvalue weighted by atomic mass is 79.9. The van der Waals surface area contributed by atoms with E-state index >= 15 is 0 Å².